The number of nitrogens with zero attached hydrogens (tertiary/aromatic N) is 2. The van der Waals surface area contributed by atoms with E-state index in [0.717, 1.165) is 0 Å². The van der Waals surface area contributed by atoms with Crippen LogP contribution >= 0.6 is 11.3 Å². The smallest absolute Gasteiger partial charge is 0.218 e. The Hall–Kier alpha value is -4.21. The zero-order valence-corrected chi connectivity index (χ0v) is 22.4. The predicted molar refractivity (Wildman–Crippen MR) is 163 cm³/mol. The van der Waals surface area contributed by atoms with Crippen LogP contribution in [0.3, 0.4) is 0 Å². The second kappa shape index (κ2) is 6.80. The van der Waals surface area contributed by atoms with Gasteiger partial charge in [-0.25, -0.2) is 0 Å². The van der Waals surface area contributed by atoms with E-state index in [1.807, 2.05) is 11.3 Å². The zero-order chi connectivity index (χ0) is 25.3. The maximum atomic E-state index is 2.54. The lowest BCUT2D eigenvalue weighted by Gasteiger charge is -2.19. The van der Waals surface area contributed by atoms with Gasteiger partial charge in [0.1, 0.15) is 0 Å². The summed E-state index contributed by atoms with van der Waals surface area (Å²) in [6, 6.07) is 32.0. The molecular weight excluding hydrogens is 480 g/mol. The third kappa shape index (κ3) is 2.50. The van der Waals surface area contributed by atoms with E-state index in [1.54, 1.807) is 0 Å². The predicted octanol–water partition coefficient (Wildman–Crippen LogP) is 9.39. The molecule has 0 fully saturated rings. The Morgan fingerprint density at radius 1 is 0.632 bits per heavy atom. The number of hydrogen-bond donors (Lipinski definition) is 0. The second-order valence-electron chi connectivity index (χ2n) is 11.7. The lowest BCUT2D eigenvalue weighted by Crippen LogP contribution is -2.19. The van der Waals surface area contributed by atoms with E-state index >= 15 is 0 Å². The van der Waals surface area contributed by atoms with Crippen molar-refractivity contribution in [2.24, 2.45) is 0 Å². The van der Waals surface area contributed by atoms with Crippen LogP contribution in [-0.2, 0) is 5.41 Å². The van der Waals surface area contributed by atoms with Gasteiger partial charge in [-0.3, -0.25) is 0 Å². The maximum absolute atomic E-state index is 2.54. The molecule has 0 unspecified atom stereocenters. The van der Waals surface area contributed by atoms with Crippen LogP contribution in [0.4, 0.5) is 0 Å². The van der Waals surface area contributed by atoms with Crippen molar-refractivity contribution in [3.05, 3.63) is 103 Å². The van der Waals surface area contributed by atoms with Gasteiger partial charge in [0, 0.05) is 59.9 Å². The van der Waals surface area contributed by atoms with E-state index in [1.165, 1.54) is 80.1 Å². The molecule has 4 aromatic carbocycles. The molecule has 5 aromatic heterocycles. The molecule has 38 heavy (non-hydrogen) atoms. The van der Waals surface area contributed by atoms with Crippen LogP contribution in [0.25, 0.3) is 74.6 Å². The maximum Gasteiger partial charge on any atom is 0.218 e. The first-order valence-electron chi connectivity index (χ1n) is 13.3. The number of fused-ring (bicyclic) bond motifs is 13. The molecule has 0 aliphatic carbocycles. The molecular formula is C35H25N2S+. The van der Waals surface area contributed by atoms with Crippen molar-refractivity contribution in [2.45, 2.75) is 26.2 Å². The van der Waals surface area contributed by atoms with Gasteiger partial charge in [-0.15, -0.1) is 11.3 Å². The van der Waals surface area contributed by atoms with Crippen LogP contribution < -0.4 is 4.40 Å². The minimum absolute atomic E-state index is 0.0475. The summed E-state index contributed by atoms with van der Waals surface area (Å²) in [4.78, 5) is 0. The zero-order valence-electron chi connectivity index (χ0n) is 21.5. The minimum atomic E-state index is 0.0475. The topological polar surface area (TPSA) is 8.51 Å². The SMILES string of the molecule is CC(C)(C)c1cc2c3cc4c(cc[n+]5ccccc45)cc3n3c4ccc5sc6ccccc6c5c4c(c1)c23. The van der Waals surface area contributed by atoms with Crippen LogP contribution in [0, 0.1) is 0 Å². The normalized spacial score (nSPS) is 13.1. The first-order valence-corrected chi connectivity index (χ1v) is 14.1. The summed E-state index contributed by atoms with van der Waals surface area (Å²) in [6.07, 6.45) is 4.31. The highest BCUT2D eigenvalue weighted by atomic mass is 32.1. The van der Waals surface area contributed by atoms with E-state index in [-0.39, 0.29) is 5.41 Å². The Kier molecular flexibility index (Phi) is 3.72. The fraction of sp³-hybridized carbons (Fsp3) is 0.114. The molecule has 3 heteroatoms. The molecule has 0 radical (unpaired) electrons. The molecule has 0 spiro atoms. The van der Waals surface area contributed by atoms with Crippen molar-refractivity contribution < 1.29 is 4.40 Å². The Morgan fingerprint density at radius 3 is 2.37 bits per heavy atom. The summed E-state index contributed by atoms with van der Waals surface area (Å²) >= 11 is 1.90. The summed E-state index contributed by atoms with van der Waals surface area (Å²) in [5.41, 5.74) is 6.61. The number of aromatic nitrogens is 2. The highest BCUT2D eigenvalue weighted by Gasteiger charge is 2.25. The number of hydrogen-bond acceptors (Lipinski definition) is 1. The molecule has 0 N–H and O–H groups in total. The van der Waals surface area contributed by atoms with E-state index in [0.29, 0.717) is 0 Å². The molecule has 9 aromatic rings. The minimum Gasteiger partial charge on any atom is -0.308 e. The highest BCUT2D eigenvalue weighted by molar-refractivity contribution is 7.26. The second-order valence-corrected chi connectivity index (χ2v) is 12.8. The summed E-state index contributed by atoms with van der Waals surface area (Å²) in [7, 11) is 0. The molecule has 0 saturated carbocycles. The van der Waals surface area contributed by atoms with Gasteiger partial charge in [-0.1, -0.05) is 39.0 Å². The van der Waals surface area contributed by atoms with Gasteiger partial charge in [0.05, 0.1) is 21.9 Å². The van der Waals surface area contributed by atoms with Crippen molar-refractivity contribution in [2.75, 3.05) is 0 Å². The van der Waals surface area contributed by atoms with E-state index in [2.05, 4.69) is 127 Å². The standard InChI is InChI=1S/C35H25N2S/c1-35(2,3)21-17-25-24-19-23-20(13-15-36-14-7-6-9-27(23)36)16-29(24)37-28-11-12-31-33(32(28)26(18-21)34(25)37)22-8-4-5-10-30(22)38-31/h4-19H,1-3H3/q+1. The van der Waals surface area contributed by atoms with Crippen LogP contribution in [-0.4, -0.2) is 4.40 Å². The fourth-order valence-electron chi connectivity index (χ4n) is 6.68. The van der Waals surface area contributed by atoms with Crippen molar-refractivity contribution in [1.82, 2.24) is 4.40 Å². The fourth-order valence-corrected chi connectivity index (χ4v) is 7.79. The Morgan fingerprint density at radius 2 is 1.47 bits per heavy atom. The lowest BCUT2D eigenvalue weighted by molar-refractivity contribution is -0.510. The summed E-state index contributed by atoms with van der Waals surface area (Å²) in [5, 5.41) is 10.8. The van der Waals surface area contributed by atoms with E-state index in [9.17, 15) is 0 Å². The highest BCUT2D eigenvalue weighted by Crippen LogP contribution is 2.47. The van der Waals surface area contributed by atoms with Gasteiger partial charge in [0.2, 0.25) is 5.52 Å². The van der Waals surface area contributed by atoms with Gasteiger partial charge >= 0.3 is 0 Å². The van der Waals surface area contributed by atoms with Crippen LogP contribution in [0.5, 0.6) is 0 Å². The Balaban J connectivity index is 1.58. The molecule has 2 nitrogen and oxygen atoms in total. The third-order valence-electron chi connectivity index (χ3n) is 8.51. The van der Waals surface area contributed by atoms with Crippen LogP contribution in [0.15, 0.2) is 97.3 Å². The molecule has 180 valence electrons. The van der Waals surface area contributed by atoms with Crippen molar-refractivity contribution >= 4 is 85.9 Å². The number of rotatable bonds is 0. The van der Waals surface area contributed by atoms with Crippen LogP contribution in [0.1, 0.15) is 26.3 Å². The van der Waals surface area contributed by atoms with Gasteiger partial charge in [-0.2, -0.15) is 4.40 Å². The molecule has 0 aliphatic heterocycles. The first kappa shape index (κ1) is 20.8. The molecule has 0 saturated heterocycles. The van der Waals surface area contributed by atoms with Gasteiger partial charge in [0.15, 0.2) is 12.4 Å². The van der Waals surface area contributed by atoms with Gasteiger partial charge in [-0.05, 0) is 64.9 Å². The number of benzene rings is 4. The molecule has 5 heterocycles. The van der Waals surface area contributed by atoms with Crippen LogP contribution in [0.2, 0.25) is 0 Å². The van der Waals surface area contributed by atoms with Crippen molar-refractivity contribution in [1.29, 1.82) is 0 Å². The Bertz CT molecular complexity index is 2430. The van der Waals surface area contributed by atoms with E-state index < -0.39 is 0 Å². The summed E-state index contributed by atoms with van der Waals surface area (Å²) in [6.45, 7) is 6.99. The quantitative estimate of drug-likeness (QED) is 0.143. The average Bonchev–Trinajstić information content (AvgIpc) is 3.57. The number of thiophene rings is 1. The third-order valence-corrected chi connectivity index (χ3v) is 9.65. The van der Waals surface area contributed by atoms with Gasteiger partial charge in [0.25, 0.3) is 0 Å². The summed E-state index contributed by atoms with van der Waals surface area (Å²) < 4.78 is 7.48. The van der Waals surface area contributed by atoms with Gasteiger partial charge < -0.3 is 4.40 Å². The van der Waals surface area contributed by atoms with Crippen molar-refractivity contribution in [3.8, 4) is 0 Å². The van der Waals surface area contributed by atoms with Crippen molar-refractivity contribution in [3.63, 3.8) is 0 Å². The largest absolute Gasteiger partial charge is 0.308 e. The monoisotopic (exact) mass is 505 g/mol. The molecule has 0 aliphatic rings. The first-order chi connectivity index (χ1) is 18.5. The molecule has 0 bridgehead atoms. The molecule has 9 rings (SSSR count). The van der Waals surface area contributed by atoms with E-state index in [4.69, 9.17) is 0 Å². The lowest BCUT2D eigenvalue weighted by atomic mass is 9.85. The number of pyridine rings is 2. The molecule has 0 amide bonds. The summed E-state index contributed by atoms with van der Waals surface area (Å²) in [5.74, 6) is 0. The Labute approximate surface area is 223 Å². The molecule has 0 atom stereocenters. The average molecular weight is 506 g/mol.